The van der Waals surface area contributed by atoms with Crippen molar-refractivity contribution < 1.29 is 8.42 Å². The van der Waals surface area contributed by atoms with E-state index in [9.17, 15) is 8.42 Å². The van der Waals surface area contributed by atoms with Crippen molar-refractivity contribution in [1.29, 1.82) is 5.26 Å². The molecule has 1 heterocycles. The van der Waals surface area contributed by atoms with Gasteiger partial charge in [-0.2, -0.15) is 13.7 Å². The minimum atomic E-state index is -4.04. The van der Waals surface area contributed by atoms with E-state index in [1.165, 1.54) is 29.5 Å². The maximum atomic E-state index is 12.7. The van der Waals surface area contributed by atoms with Crippen LogP contribution in [-0.4, -0.2) is 13.0 Å². The number of aromatic nitrogens is 1. The second-order valence-corrected chi connectivity index (χ2v) is 9.41. The Kier molecular flexibility index (Phi) is 4.96. The summed E-state index contributed by atoms with van der Waals surface area (Å²) in [5.74, 6) is 0. The van der Waals surface area contributed by atoms with Crippen molar-refractivity contribution in [3.05, 3.63) is 44.2 Å². The van der Waals surface area contributed by atoms with Crippen molar-refractivity contribution in [3.8, 4) is 6.07 Å². The van der Waals surface area contributed by atoms with Gasteiger partial charge in [0, 0.05) is 22.6 Å². The highest BCUT2D eigenvalue weighted by Gasteiger charge is 2.23. The van der Waals surface area contributed by atoms with E-state index in [0.29, 0.717) is 4.80 Å². The molecule has 0 aliphatic heterocycles. The summed E-state index contributed by atoms with van der Waals surface area (Å²) in [5, 5.41) is 9.39. The Bertz CT molecular complexity index is 1000. The summed E-state index contributed by atoms with van der Waals surface area (Å²) < 4.78 is 31.0. The Hall–Kier alpha value is -1.62. The van der Waals surface area contributed by atoms with Crippen LogP contribution in [0.2, 0.25) is 5.02 Å². The van der Waals surface area contributed by atoms with E-state index in [0.717, 1.165) is 10.6 Å². The zero-order chi connectivity index (χ0) is 18.3. The van der Waals surface area contributed by atoms with Crippen LogP contribution < -0.4 is 4.80 Å². The third-order valence-corrected chi connectivity index (χ3v) is 6.85. The first-order valence-electron chi connectivity index (χ1n) is 7.15. The molecule has 0 saturated heterocycles. The Morgan fingerprint density at radius 1 is 1.33 bits per heavy atom. The third kappa shape index (κ3) is 3.56. The molecular weight excluding hydrogens is 366 g/mol. The van der Waals surface area contributed by atoms with Crippen LogP contribution in [0.15, 0.2) is 27.5 Å². The van der Waals surface area contributed by atoms with Gasteiger partial charge in [0.25, 0.3) is 10.0 Å². The lowest BCUT2D eigenvalue weighted by Gasteiger charge is -2.17. The fourth-order valence-electron chi connectivity index (χ4n) is 2.26. The van der Waals surface area contributed by atoms with Crippen molar-refractivity contribution in [2.75, 3.05) is 0 Å². The smallest absolute Gasteiger partial charge is 0.286 e. The van der Waals surface area contributed by atoms with Gasteiger partial charge in [-0.25, -0.2) is 0 Å². The number of hydrogen-bond acceptors (Lipinski definition) is 4. The number of halogens is 1. The van der Waals surface area contributed by atoms with E-state index in [2.05, 4.69) is 25.2 Å². The molecule has 0 amide bonds. The summed E-state index contributed by atoms with van der Waals surface area (Å²) in [7, 11) is -2.27. The minimum Gasteiger partial charge on any atom is -0.323 e. The zero-order valence-corrected chi connectivity index (χ0v) is 16.5. The van der Waals surface area contributed by atoms with Crippen LogP contribution in [-0.2, 0) is 22.5 Å². The lowest BCUT2D eigenvalue weighted by atomic mass is 9.93. The molecule has 0 unspecified atom stereocenters. The highest BCUT2D eigenvalue weighted by atomic mass is 35.5. The van der Waals surface area contributed by atoms with Crippen molar-refractivity contribution in [3.63, 3.8) is 0 Å². The molecule has 2 rings (SSSR count). The Balaban J connectivity index is 2.73. The average Bonchev–Trinajstić information content (AvgIpc) is 2.75. The Morgan fingerprint density at radius 2 is 1.96 bits per heavy atom. The normalized spacial score (nSPS) is 13.1. The number of benzene rings is 1. The van der Waals surface area contributed by atoms with Crippen molar-refractivity contribution in [1.82, 2.24) is 4.57 Å². The van der Waals surface area contributed by atoms with Crippen molar-refractivity contribution >= 4 is 33.0 Å². The van der Waals surface area contributed by atoms with Gasteiger partial charge in [-0.05, 0) is 30.5 Å². The highest BCUT2D eigenvalue weighted by Crippen LogP contribution is 2.28. The molecule has 0 atom stereocenters. The molecule has 0 aliphatic rings. The predicted molar refractivity (Wildman–Crippen MR) is 95.6 cm³/mol. The van der Waals surface area contributed by atoms with Gasteiger partial charge >= 0.3 is 0 Å². The van der Waals surface area contributed by atoms with Crippen LogP contribution >= 0.6 is 22.9 Å². The first-order chi connectivity index (χ1) is 11.0. The molecule has 5 nitrogen and oxygen atoms in total. The van der Waals surface area contributed by atoms with E-state index in [1.54, 1.807) is 11.6 Å². The van der Waals surface area contributed by atoms with Crippen molar-refractivity contribution in [2.45, 2.75) is 38.0 Å². The summed E-state index contributed by atoms with van der Waals surface area (Å²) >= 11 is 7.22. The van der Waals surface area contributed by atoms with Crippen LogP contribution in [0, 0.1) is 18.3 Å². The molecule has 0 spiro atoms. The highest BCUT2D eigenvalue weighted by molar-refractivity contribution is 7.90. The summed E-state index contributed by atoms with van der Waals surface area (Å²) in [4.78, 5) is 1.24. The van der Waals surface area contributed by atoms with Crippen LogP contribution in [0.4, 0.5) is 0 Å². The number of sulfonamides is 1. The third-order valence-electron chi connectivity index (χ3n) is 3.53. The van der Waals surface area contributed by atoms with Gasteiger partial charge in [0.2, 0.25) is 4.80 Å². The molecule has 0 fully saturated rings. The Morgan fingerprint density at radius 3 is 2.46 bits per heavy atom. The topological polar surface area (TPSA) is 75.2 Å². The van der Waals surface area contributed by atoms with E-state index in [-0.39, 0.29) is 20.9 Å². The summed E-state index contributed by atoms with van der Waals surface area (Å²) in [6.45, 7) is 8.13. The largest absolute Gasteiger partial charge is 0.323 e. The SMILES string of the molecule is Cc1c(C(C)(C)C)s/c(=N/S(=O)(=O)c2cc(Cl)ccc2C#N)n1C. The molecule has 2 aromatic rings. The summed E-state index contributed by atoms with van der Waals surface area (Å²) in [6.07, 6.45) is 0. The average molecular weight is 384 g/mol. The van der Waals surface area contributed by atoms with Gasteiger partial charge in [0.05, 0.1) is 5.56 Å². The maximum absolute atomic E-state index is 12.7. The van der Waals surface area contributed by atoms with Gasteiger partial charge in [0.1, 0.15) is 11.0 Å². The molecule has 0 N–H and O–H groups in total. The van der Waals surface area contributed by atoms with Gasteiger partial charge < -0.3 is 4.57 Å². The summed E-state index contributed by atoms with van der Waals surface area (Å²) in [5.41, 5.74) is 0.876. The van der Waals surface area contributed by atoms with Crippen molar-refractivity contribution in [2.24, 2.45) is 11.4 Å². The molecule has 0 radical (unpaired) electrons. The molecule has 1 aromatic carbocycles. The first-order valence-corrected chi connectivity index (χ1v) is 9.78. The lowest BCUT2D eigenvalue weighted by molar-refractivity contribution is 0.591. The Labute approximate surface area is 150 Å². The van der Waals surface area contributed by atoms with Gasteiger partial charge in [0.15, 0.2) is 0 Å². The van der Waals surface area contributed by atoms with E-state index < -0.39 is 10.0 Å². The second kappa shape index (κ2) is 6.36. The number of thiazole rings is 1. The second-order valence-electron chi connectivity index (χ2n) is 6.43. The predicted octanol–water partition coefficient (Wildman–Crippen LogP) is 3.51. The molecular formula is C16H18ClN3O2S2. The molecule has 8 heteroatoms. The van der Waals surface area contributed by atoms with Gasteiger partial charge in [-0.1, -0.05) is 32.4 Å². The molecule has 0 aliphatic carbocycles. The van der Waals surface area contributed by atoms with E-state index in [1.807, 2.05) is 13.0 Å². The fourth-order valence-corrected chi connectivity index (χ4v) is 5.08. The maximum Gasteiger partial charge on any atom is 0.286 e. The number of hydrogen-bond donors (Lipinski definition) is 0. The van der Waals surface area contributed by atoms with Gasteiger partial charge in [-0.15, -0.1) is 15.7 Å². The van der Waals surface area contributed by atoms with Crippen LogP contribution in [0.3, 0.4) is 0 Å². The molecule has 24 heavy (non-hydrogen) atoms. The number of rotatable bonds is 2. The monoisotopic (exact) mass is 383 g/mol. The molecule has 128 valence electrons. The lowest BCUT2D eigenvalue weighted by Crippen LogP contribution is -2.15. The van der Waals surface area contributed by atoms with Gasteiger partial charge in [-0.3, -0.25) is 0 Å². The molecule has 0 saturated carbocycles. The minimum absolute atomic E-state index is 0.0233. The standard InChI is InChI=1S/C16H18ClN3O2S2/c1-10-14(16(2,3)4)23-15(20(10)5)19-24(21,22)13-8-12(17)7-6-11(13)9-18/h6-8H,1-5H3/b19-15+. The number of nitrogens with zero attached hydrogens (tertiary/aromatic N) is 3. The van der Waals surface area contributed by atoms with Crippen LogP contribution in [0.25, 0.3) is 0 Å². The number of nitriles is 1. The zero-order valence-electron chi connectivity index (χ0n) is 14.1. The van der Waals surface area contributed by atoms with Crippen LogP contribution in [0.1, 0.15) is 36.9 Å². The van der Waals surface area contributed by atoms with Crippen LogP contribution in [0.5, 0.6) is 0 Å². The summed E-state index contributed by atoms with van der Waals surface area (Å²) in [6, 6.07) is 5.98. The van der Waals surface area contributed by atoms with E-state index >= 15 is 0 Å². The van der Waals surface area contributed by atoms with E-state index in [4.69, 9.17) is 16.9 Å². The fraction of sp³-hybridized carbons (Fsp3) is 0.375. The molecule has 0 bridgehead atoms. The quantitative estimate of drug-likeness (QED) is 0.796. The molecule has 1 aromatic heterocycles. The first kappa shape index (κ1) is 18.7.